The number of hydrogen-bond acceptors (Lipinski definition) is 8. The van der Waals surface area contributed by atoms with Crippen LogP contribution in [0.4, 0.5) is 10.1 Å². The first-order valence-corrected chi connectivity index (χ1v) is 12.6. The highest BCUT2D eigenvalue weighted by molar-refractivity contribution is 6.34. The van der Waals surface area contributed by atoms with Crippen LogP contribution in [0.1, 0.15) is 29.3 Å². The van der Waals surface area contributed by atoms with E-state index >= 15 is 0 Å². The third-order valence-corrected chi connectivity index (χ3v) is 6.34. The Morgan fingerprint density at radius 3 is 2.52 bits per heavy atom. The number of amides is 2. The lowest BCUT2D eigenvalue weighted by molar-refractivity contribution is -0.169. The summed E-state index contributed by atoms with van der Waals surface area (Å²) >= 11 is 6.23. The molecule has 0 aliphatic carbocycles. The van der Waals surface area contributed by atoms with Crippen LogP contribution in [0.3, 0.4) is 0 Å². The molecule has 1 heterocycles. The third kappa shape index (κ3) is 7.88. The molecule has 2 amide bonds. The lowest BCUT2D eigenvalue weighted by atomic mass is 9.98. The van der Waals surface area contributed by atoms with E-state index < -0.39 is 35.8 Å². The molecule has 12 nitrogen and oxygen atoms in total. The van der Waals surface area contributed by atoms with Gasteiger partial charge in [0.25, 0.3) is 17.4 Å². The summed E-state index contributed by atoms with van der Waals surface area (Å²) in [5, 5.41) is 32.9. The Hall–Kier alpha value is -3.78. The minimum atomic E-state index is -3.26. The lowest BCUT2D eigenvalue weighted by Gasteiger charge is -2.33. The monoisotopic (exact) mass is 581 g/mol. The van der Waals surface area contributed by atoms with Crippen molar-refractivity contribution in [1.29, 1.82) is 0 Å². The van der Waals surface area contributed by atoms with Crippen molar-refractivity contribution >= 4 is 41.0 Å². The van der Waals surface area contributed by atoms with Gasteiger partial charge in [0.05, 0.1) is 42.0 Å². The summed E-state index contributed by atoms with van der Waals surface area (Å²) in [7, 11) is 0. The van der Waals surface area contributed by atoms with Crippen LogP contribution in [0.2, 0.25) is 5.02 Å². The fourth-order valence-electron chi connectivity index (χ4n) is 4.00. The van der Waals surface area contributed by atoms with E-state index in [-0.39, 0.29) is 47.1 Å². The number of carboxylic acid groups (broad SMARTS) is 2. The highest BCUT2D eigenvalue weighted by atomic mass is 35.5. The average Bonchev–Trinajstić information content (AvgIpc) is 2.90. The molecule has 1 saturated heterocycles. The van der Waals surface area contributed by atoms with Crippen LogP contribution in [-0.4, -0.2) is 88.5 Å². The summed E-state index contributed by atoms with van der Waals surface area (Å²) in [5.41, 5.74) is -2.51. The summed E-state index contributed by atoms with van der Waals surface area (Å²) in [6, 6.07) is 8.57. The van der Waals surface area contributed by atoms with Gasteiger partial charge in [-0.3, -0.25) is 19.3 Å². The number of carboxylic acids is 2. The van der Waals surface area contributed by atoms with Gasteiger partial charge < -0.3 is 35.4 Å². The zero-order valence-corrected chi connectivity index (χ0v) is 22.2. The van der Waals surface area contributed by atoms with Gasteiger partial charge in [0.15, 0.2) is 0 Å². The van der Waals surface area contributed by atoms with Gasteiger partial charge in [-0.25, -0.2) is 9.18 Å². The molecule has 0 radical (unpaired) electrons. The molecule has 14 heteroatoms. The molecule has 2 aromatic carbocycles. The van der Waals surface area contributed by atoms with Crippen molar-refractivity contribution < 1.29 is 48.4 Å². The second kappa shape index (κ2) is 13.5. The van der Waals surface area contributed by atoms with E-state index in [0.717, 1.165) is 5.56 Å². The van der Waals surface area contributed by atoms with Crippen LogP contribution in [0.5, 0.6) is 5.75 Å². The molecule has 2 aromatic rings. The minimum Gasteiger partial charge on any atom is -0.493 e. The Bertz CT molecular complexity index is 1260. The molecule has 0 bridgehead atoms. The van der Waals surface area contributed by atoms with Gasteiger partial charge >= 0.3 is 11.9 Å². The molecule has 1 fully saturated rings. The number of rotatable bonds is 12. The molecule has 2 atom stereocenters. The highest BCUT2D eigenvalue weighted by Crippen LogP contribution is 2.32. The Labute approximate surface area is 233 Å². The van der Waals surface area contributed by atoms with Crippen molar-refractivity contribution in [3.8, 4) is 5.75 Å². The van der Waals surface area contributed by atoms with Crippen molar-refractivity contribution in [3.63, 3.8) is 0 Å². The summed E-state index contributed by atoms with van der Waals surface area (Å²) in [5.74, 6) is -6.19. The first-order valence-electron chi connectivity index (χ1n) is 12.2. The molecule has 5 N–H and O–H groups in total. The topological polar surface area (TPSA) is 175 Å². The molecule has 40 heavy (non-hydrogen) atoms. The largest absolute Gasteiger partial charge is 0.493 e. The molecule has 0 aromatic heterocycles. The normalized spacial score (nSPS) is 16.9. The number of carbonyl (C=O) groups excluding carboxylic acids is 2. The number of benzene rings is 2. The number of carbonyl (C=O) groups is 4. The van der Waals surface area contributed by atoms with Crippen LogP contribution >= 0.6 is 11.6 Å². The third-order valence-electron chi connectivity index (χ3n) is 6.03. The van der Waals surface area contributed by atoms with Gasteiger partial charge in [-0.1, -0.05) is 23.7 Å². The zero-order valence-electron chi connectivity index (χ0n) is 21.5. The maximum Gasteiger partial charge on any atom is 0.346 e. The molecule has 3 rings (SSSR count). The van der Waals surface area contributed by atoms with E-state index in [9.17, 15) is 33.8 Å². The van der Waals surface area contributed by atoms with Gasteiger partial charge in [-0.05, 0) is 30.7 Å². The first-order chi connectivity index (χ1) is 18.9. The smallest absolute Gasteiger partial charge is 0.346 e. The second-order valence-electron chi connectivity index (χ2n) is 9.02. The Morgan fingerprint density at radius 1 is 1.20 bits per heavy atom. The van der Waals surface area contributed by atoms with Gasteiger partial charge in [0.1, 0.15) is 11.6 Å². The fraction of sp³-hybridized carbons (Fsp3) is 0.385. The highest BCUT2D eigenvalue weighted by Gasteiger charge is 2.46. The lowest BCUT2D eigenvalue weighted by Crippen LogP contribution is -2.51. The van der Waals surface area contributed by atoms with Gasteiger partial charge in [-0.2, -0.15) is 0 Å². The number of aliphatic hydroxyl groups is 1. The number of aliphatic carboxylic acids is 2. The van der Waals surface area contributed by atoms with Crippen LogP contribution in [0, 0.1) is 5.82 Å². The fourth-order valence-corrected chi connectivity index (χ4v) is 4.21. The molecule has 1 aliphatic rings. The SMILES string of the molecule is CCOc1cc(NC(=O)C(O)(CC(=O)O)C(=O)O)c(Cl)cc1C(=O)NCC1CN(Cc2ccc(F)cc2)CCO1. The molecule has 1 aliphatic heterocycles. The van der Waals surface area contributed by atoms with Gasteiger partial charge in [-0.15, -0.1) is 0 Å². The molecule has 216 valence electrons. The number of halogens is 2. The number of ether oxygens (including phenoxy) is 2. The summed E-state index contributed by atoms with van der Waals surface area (Å²) in [4.78, 5) is 50.0. The molecule has 0 spiro atoms. The van der Waals surface area contributed by atoms with Crippen molar-refractivity contribution in [2.75, 3.05) is 38.2 Å². The number of anilines is 1. The average molecular weight is 582 g/mol. The maximum absolute atomic E-state index is 13.2. The van der Waals surface area contributed by atoms with Crippen LogP contribution in [-0.2, 0) is 25.7 Å². The van der Waals surface area contributed by atoms with E-state index in [0.29, 0.717) is 26.2 Å². The predicted octanol–water partition coefficient (Wildman–Crippen LogP) is 1.74. The van der Waals surface area contributed by atoms with E-state index in [1.54, 1.807) is 19.1 Å². The summed E-state index contributed by atoms with van der Waals surface area (Å²) in [6.45, 7) is 4.15. The van der Waals surface area contributed by atoms with Crippen LogP contribution in [0.15, 0.2) is 36.4 Å². The Kier molecular flexibility index (Phi) is 10.4. The molecular formula is C26H29ClFN3O9. The van der Waals surface area contributed by atoms with Crippen molar-refractivity contribution in [3.05, 3.63) is 58.4 Å². The number of hydrogen-bond donors (Lipinski definition) is 5. The molecule has 2 unspecified atom stereocenters. The minimum absolute atomic E-state index is 0.000650. The van der Waals surface area contributed by atoms with Gasteiger partial charge in [0, 0.05) is 32.2 Å². The molecular weight excluding hydrogens is 553 g/mol. The zero-order chi connectivity index (χ0) is 29.4. The Balaban J connectivity index is 1.68. The summed E-state index contributed by atoms with van der Waals surface area (Å²) in [6.07, 6.45) is -1.72. The quantitative estimate of drug-likeness (QED) is 0.232. The molecule has 0 saturated carbocycles. The standard InChI is InChI=1S/C26H29ClFN3O9/c1-2-39-21-10-20(30-24(35)26(38,25(36)37)11-22(32)33)19(27)9-18(21)23(34)29-12-17-14-31(7-8-40-17)13-15-3-5-16(28)6-4-15/h3-6,9-10,17,38H,2,7-8,11-14H2,1H3,(H,29,34)(H,30,35)(H,32,33)(H,36,37). The van der Waals surface area contributed by atoms with E-state index in [1.807, 2.05) is 0 Å². The number of nitrogens with zero attached hydrogens (tertiary/aromatic N) is 1. The van der Waals surface area contributed by atoms with Crippen molar-refractivity contribution in [1.82, 2.24) is 10.2 Å². The Morgan fingerprint density at radius 2 is 1.90 bits per heavy atom. The number of nitrogens with one attached hydrogen (secondary N) is 2. The maximum atomic E-state index is 13.2. The summed E-state index contributed by atoms with van der Waals surface area (Å²) < 4.78 is 24.4. The second-order valence-corrected chi connectivity index (χ2v) is 9.42. The van der Waals surface area contributed by atoms with Crippen LogP contribution < -0.4 is 15.4 Å². The van der Waals surface area contributed by atoms with Gasteiger partial charge in [0.2, 0.25) is 0 Å². The first kappa shape index (κ1) is 30.8. The predicted molar refractivity (Wildman–Crippen MR) is 140 cm³/mol. The number of morpholine rings is 1. The van der Waals surface area contributed by atoms with E-state index in [4.69, 9.17) is 26.2 Å². The van der Waals surface area contributed by atoms with Crippen LogP contribution in [0.25, 0.3) is 0 Å². The van der Waals surface area contributed by atoms with Crippen molar-refractivity contribution in [2.24, 2.45) is 0 Å². The van der Waals surface area contributed by atoms with Crippen molar-refractivity contribution in [2.45, 2.75) is 31.6 Å². The van der Waals surface area contributed by atoms with E-state index in [1.165, 1.54) is 24.3 Å². The van der Waals surface area contributed by atoms with E-state index in [2.05, 4.69) is 15.5 Å².